The van der Waals surface area contributed by atoms with Crippen LogP contribution in [0.15, 0.2) is 18.3 Å². The zero-order valence-electron chi connectivity index (χ0n) is 10.9. The van der Waals surface area contributed by atoms with Crippen LogP contribution in [0.2, 0.25) is 0 Å². The van der Waals surface area contributed by atoms with Gasteiger partial charge in [-0.15, -0.1) is 0 Å². The number of rotatable bonds is 3. The van der Waals surface area contributed by atoms with Gasteiger partial charge in [-0.25, -0.2) is 4.98 Å². The third kappa shape index (κ3) is 2.70. The maximum absolute atomic E-state index is 12.4. The van der Waals surface area contributed by atoms with Crippen LogP contribution >= 0.6 is 0 Å². The first-order chi connectivity index (χ1) is 8.66. The molecule has 0 saturated heterocycles. The number of anilines is 1. The Kier molecular flexibility index (Phi) is 3.97. The van der Waals surface area contributed by atoms with Crippen molar-refractivity contribution in [1.29, 1.82) is 0 Å². The van der Waals surface area contributed by atoms with Crippen molar-refractivity contribution in [1.82, 2.24) is 4.98 Å². The Morgan fingerprint density at radius 3 is 2.78 bits per heavy atom. The van der Waals surface area contributed by atoms with Gasteiger partial charge in [-0.3, -0.25) is 4.79 Å². The fraction of sp³-hybridized carbons (Fsp3) is 0.571. The minimum atomic E-state index is -0.385. The van der Waals surface area contributed by atoms with E-state index in [4.69, 9.17) is 5.73 Å². The molecule has 1 aliphatic rings. The summed E-state index contributed by atoms with van der Waals surface area (Å²) in [5.74, 6) is 0.654. The van der Waals surface area contributed by atoms with Crippen molar-refractivity contribution in [3.05, 3.63) is 23.9 Å². The van der Waals surface area contributed by atoms with Gasteiger partial charge in [0.15, 0.2) is 0 Å². The monoisotopic (exact) mass is 247 g/mol. The van der Waals surface area contributed by atoms with E-state index < -0.39 is 0 Å². The topological polar surface area (TPSA) is 68.0 Å². The van der Waals surface area contributed by atoms with Crippen LogP contribution in [0, 0.1) is 12.3 Å². The van der Waals surface area contributed by atoms with Crippen LogP contribution in [-0.2, 0) is 4.79 Å². The predicted octanol–water partition coefficient (Wildman–Crippen LogP) is 2.24. The van der Waals surface area contributed by atoms with E-state index in [0.29, 0.717) is 12.4 Å². The molecule has 4 nitrogen and oxygen atoms in total. The SMILES string of the molecule is Cc1ccnc(NC(=O)C2(CN)CCCCC2)c1. The van der Waals surface area contributed by atoms with Gasteiger partial charge in [-0.2, -0.15) is 0 Å². The van der Waals surface area contributed by atoms with Crippen molar-refractivity contribution >= 4 is 11.7 Å². The van der Waals surface area contributed by atoms with Crippen molar-refractivity contribution in [2.45, 2.75) is 39.0 Å². The third-order valence-corrected chi connectivity index (χ3v) is 3.84. The number of hydrogen-bond donors (Lipinski definition) is 2. The summed E-state index contributed by atoms with van der Waals surface area (Å²) in [4.78, 5) is 16.6. The van der Waals surface area contributed by atoms with Crippen LogP contribution in [0.4, 0.5) is 5.82 Å². The molecule has 1 amide bonds. The average molecular weight is 247 g/mol. The molecule has 0 atom stereocenters. The van der Waals surface area contributed by atoms with Crippen molar-refractivity contribution in [3.8, 4) is 0 Å². The van der Waals surface area contributed by atoms with Gasteiger partial charge < -0.3 is 11.1 Å². The number of pyridine rings is 1. The molecular formula is C14H21N3O. The van der Waals surface area contributed by atoms with Crippen LogP contribution < -0.4 is 11.1 Å². The number of aryl methyl sites for hydroxylation is 1. The number of amides is 1. The van der Waals surface area contributed by atoms with Gasteiger partial charge in [0, 0.05) is 12.7 Å². The first-order valence-electron chi connectivity index (χ1n) is 6.60. The lowest BCUT2D eigenvalue weighted by atomic mass is 9.73. The second kappa shape index (κ2) is 5.48. The molecule has 1 heterocycles. The molecule has 0 spiro atoms. The predicted molar refractivity (Wildman–Crippen MR) is 72.2 cm³/mol. The van der Waals surface area contributed by atoms with Crippen molar-refractivity contribution in [3.63, 3.8) is 0 Å². The number of carbonyl (C=O) groups is 1. The lowest BCUT2D eigenvalue weighted by Crippen LogP contribution is -2.44. The molecule has 3 N–H and O–H groups in total. The Labute approximate surface area is 108 Å². The molecule has 1 aromatic rings. The summed E-state index contributed by atoms with van der Waals surface area (Å²) < 4.78 is 0. The summed E-state index contributed by atoms with van der Waals surface area (Å²) in [7, 11) is 0. The zero-order valence-corrected chi connectivity index (χ0v) is 10.9. The highest BCUT2D eigenvalue weighted by atomic mass is 16.2. The Balaban J connectivity index is 2.10. The molecule has 98 valence electrons. The molecule has 18 heavy (non-hydrogen) atoms. The normalized spacial score (nSPS) is 18.3. The van der Waals surface area contributed by atoms with E-state index in [1.165, 1.54) is 6.42 Å². The number of nitrogens with zero attached hydrogens (tertiary/aromatic N) is 1. The minimum Gasteiger partial charge on any atom is -0.329 e. The Bertz CT molecular complexity index is 425. The lowest BCUT2D eigenvalue weighted by Gasteiger charge is -2.34. The van der Waals surface area contributed by atoms with Crippen molar-refractivity contribution in [2.24, 2.45) is 11.1 Å². The third-order valence-electron chi connectivity index (χ3n) is 3.84. The van der Waals surface area contributed by atoms with Gasteiger partial charge >= 0.3 is 0 Å². The smallest absolute Gasteiger partial charge is 0.233 e. The van der Waals surface area contributed by atoms with E-state index >= 15 is 0 Å². The van der Waals surface area contributed by atoms with E-state index in [0.717, 1.165) is 31.2 Å². The maximum atomic E-state index is 12.4. The lowest BCUT2D eigenvalue weighted by molar-refractivity contribution is -0.126. The molecule has 0 unspecified atom stereocenters. The summed E-state index contributed by atoms with van der Waals surface area (Å²) in [6.07, 6.45) is 6.87. The number of carbonyl (C=O) groups excluding carboxylic acids is 1. The summed E-state index contributed by atoms with van der Waals surface area (Å²) >= 11 is 0. The molecule has 0 aromatic carbocycles. The molecular weight excluding hydrogens is 226 g/mol. The van der Waals surface area contributed by atoms with Gasteiger partial charge in [0.25, 0.3) is 0 Å². The average Bonchev–Trinajstić information content (AvgIpc) is 2.39. The fourth-order valence-corrected chi connectivity index (χ4v) is 2.61. The summed E-state index contributed by atoms with van der Waals surface area (Å²) in [6, 6.07) is 3.79. The summed E-state index contributed by atoms with van der Waals surface area (Å²) in [5.41, 5.74) is 6.54. The first-order valence-corrected chi connectivity index (χ1v) is 6.60. The molecule has 0 bridgehead atoms. The Morgan fingerprint density at radius 1 is 1.44 bits per heavy atom. The number of nitrogens with two attached hydrogens (primary N) is 1. The van der Waals surface area contributed by atoms with Gasteiger partial charge in [0.05, 0.1) is 5.41 Å². The minimum absolute atomic E-state index is 0.0304. The standard InChI is InChI=1S/C14H21N3O/c1-11-5-8-16-12(9-11)17-13(18)14(10-15)6-3-2-4-7-14/h5,8-9H,2-4,6-7,10,15H2,1H3,(H,16,17,18). The van der Waals surface area contributed by atoms with E-state index in [-0.39, 0.29) is 11.3 Å². The summed E-state index contributed by atoms with van der Waals surface area (Å²) in [5, 5.41) is 2.91. The highest BCUT2D eigenvalue weighted by Gasteiger charge is 2.38. The van der Waals surface area contributed by atoms with Gasteiger partial charge in [-0.05, 0) is 37.5 Å². The molecule has 0 radical (unpaired) electrons. The van der Waals surface area contributed by atoms with Gasteiger partial charge in [0.1, 0.15) is 5.82 Å². The molecule has 2 rings (SSSR count). The van der Waals surface area contributed by atoms with Crippen LogP contribution in [0.5, 0.6) is 0 Å². The van der Waals surface area contributed by atoms with Crippen molar-refractivity contribution < 1.29 is 4.79 Å². The maximum Gasteiger partial charge on any atom is 0.233 e. The molecule has 1 aliphatic carbocycles. The van der Waals surface area contributed by atoms with Crippen LogP contribution in [0.3, 0.4) is 0 Å². The van der Waals surface area contributed by atoms with E-state index in [2.05, 4.69) is 10.3 Å². The van der Waals surface area contributed by atoms with Crippen LogP contribution in [0.25, 0.3) is 0 Å². The molecule has 0 aliphatic heterocycles. The van der Waals surface area contributed by atoms with Crippen LogP contribution in [0.1, 0.15) is 37.7 Å². The zero-order chi connectivity index (χ0) is 13.0. The summed E-state index contributed by atoms with van der Waals surface area (Å²) in [6.45, 7) is 2.40. The molecule has 4 heteroatoms. The second-order valence-corrected chi connectivity index (χ2v) is 5.22. The number of aromatic nitrogens is 1. The van der Waals surface area contributed by atoms with Crippen molar-refractivity contribution in [2.75, 3.05) is 11.9 Å². The quantitative estimate of drug-likeness (QED) is 0.860. The molecule has 1 aromatic heterocycles. The molecule has 1 fully saturated rings. The van der Waals surface area contributed by atoms with E-state index in [1.54, 1.807) is 6.20 Å². The largest absolute Gasteiger partial charge is 0.329 e. The Hall–Kier alpha value is -1.42. The van der Waals surface area contributed by atoms with Gasteiger partial charge in [0.2, 0.25) is 5.91 Å². The fourth-order valence-electron chi connectivity index (χ4n) is 2.61. The number of nitrogens with one attached hydrogen (secondary N) is 1. The molecule has 1 saturated carbocycles. The van der Waals surface area contributed by atoms with E-state index in [1.807, 2.05) is 19.1 Å². The first kappa shape index (κ1) is 13.0. The highest BCUT2D eigenvalue weighted by Crippen LogP contribution is 2.36. The highest BCUT2D eigenvalue weighted by molar-refractivity contribution is 5.94. The number of hydrogen-bond acceptors (Lipinski definition) is 3. The van der Waals surface area contributed by atoms with Gasteiger partial charge in [-0.1, -0.05) is 19.3 Å². The van der Waals surface area contributed by atoms with E-state index in [9.17, 15) is 4.79 Å². The Morgan fingerprint density at radius 2 is 2.17 bits per heavy atom. The second-order valence-electron chi connectivity index (χ2n) is 5.22. The van der Waals surface area contributed by atoms with Crippen LogP contribution in [-0.4, -0.2) is 17.4 Å².